The van der Waals surface area contributed by atoms with E-state index in [0.29, 0.717) is 30.3 Å². The normalized spacial score (nSPS) is 12.7. The predicted molar refractivity (Wildman–Crippen MR) is 120 cm³/mol. The third-order valence-electron chi connectivity index (χ3n) is 4.33. The molecule has 1 unspecified atom stereocenters. The monoisotopic (exact) mass is 468 g/mol. The average Bonchev–Trinajstić information content (AvgIpc) is 2.75. The standard InChI is InChI=1S/C24H27F3O4S/c1-4-29-20(11-8-18-6-9-19(10-7-18)24(25,26)27)16-32-21-12-13-22(17(3)14-21)31-15-23(28)30-5-2/h6-14,20H,4-5,15-16H2,1-3H3/b11-8+. The molecule has 0 amide bonds. The van der Waals surface area contributed by atoms with Crippen molar-refractivity contribution >= 4 is 23.8 Å². The van der Waals surface area contributed by atoms with Crippen LogP contribution in [0.25, 0.3) is 6.08 Å². The quantitative estimate of drug-likeness (QED) is 0.292. The second kappa shape index (κ2) is 12.6. The van der Waals surface area contributed by atoms with Gasteiger partial charge in [0.15, 0.2) is 6.61 Å². The molecule has 1 atom stereocenters. The lowest BCUT2D eigenvalue weighted by molar-refractivity contribution is -0.145. The van der Waals surface area contributed by atoms with Crippen LogP contribution < -0.4 is 4.74 Å². The van der Waals surface area contributed by atoms with E-state index >= 15 is 0 Å². The molecule has 8 heteroatoms. The van der Waals surface area contributed by atoms with E-state index in [0.717, 1.165) is 22.6 Å². The van der Waals surface area contributed by atoms with Crippen molar-refractivity contribution in [3.63, 3.8) is 0 Å². The first-order valence-corrected chi connectivity index (χ1v) is 11.2. The van der Waals surface area contributed by atoms with Gasteiger partial charge < -0.3 is 14.2 Å². The van der Waals surface area contributed by atoms with Crippen molar-refractivity contribution < 1.29 is 32.2 Å². The molecule has 0 fully saturated rings. The summed E-state index contributed by atoms with van der Waals surface area (Å²) in [6, 6.07) is 10.7. The fraction of sp³-hybridized carbons (Fsp3) is 0.375. The van der Waals surface area contributed by atoms with Gasteiger partial charge in [0.2, 0.25) is 0 Å². The zero-order valence-corrected chi connectivity index (χ0v) is 19.1. The molecule has 2 rings (SSSR count). The summed E-state index contributed by atoms with van der Waals surface area (Å²) in [5, 5.41) is 0. The molecular formula is C24H27F3O4S. The second-order valence-corrected chi connectivity index (χ2v) is 7.90. The first kappa shape index (κ1) is 25.8. The zero-order chi connectivity index (χ0) is 23.6. The van der Waals surface area contributed by atoms with Gasteiger partial charge in [0.25, 0.3) is 0 Å². The number of rotatable bonds is 11. The lowest BCUT2D eigenvalue weighted by Crippen LogP contribution is -2.15. The Hall–Kier alpha value is -2.45. The van der Waals surface area contributed by atoms with Gasteiger partial charge in [-0.15, -0.1) is 11.8 Å². The van der Waals surface area contributed by atoms with Crippen LogP contribution in [0.5, 0.6) is 5.75 Å². The van der Waals surface area contributed by atoms with Crippen LogP contribution in [-0.2, 0) is 20.4 Å². The smallest absolute Gasteiger partial charge is 0.416 e. The molecule has 2 aromatic rings. The highest BCUT2D eigenvalue weighted by Gasteiger charge is 2.29. The number of benzene rings is 2. The summed E-state index contributed by atoms with van der Waals surface area (Å²) >= 11 is 1.59. The second-order valence-electron chi connectivity index (χ2n) is 6.80. The first-order chi connectivity index (χ1) is 15.2. The molecule has 32 heavy (non-hydrogen) atoms. The largest absolute Gasteiger partial charge is 0.482 e. The molecule has 0 heterocycles. The van der Waals surface area contributed by atoms with Crippen molar-refractivity contribution in [1.29, 1.82) is 0 Å². The fourth-order valence-electron chi connectivity index (χ4n) is 2.77. The number of halogens is 3. The van der Waals surface area contributed by atoms with E-state index < -0.39 is 17.7 Å². The SMILES string of the molecule is CCOC(=O)COc1ccc(SCC(/C=C/c2ccc(C(F)(F)F)cc2)OCC)cc1C. The Balaban J connectivity index is 1.94. The van der Waals surface area contributed by atoms with Crippen molar-refractivity contribution in [2.45, 2.75) is 37.9 Å². The van der Waals surface area contributed by atoms with Gasteiger partial charge in [-0.1, -0.05) is 24.3 Å². The summed E-state index contributed by atoms with van der Waals surface area (Å²) in [7, 11) is 0. The molecule has 0 saturated heterocycles. The summed E-state index contributed by atoms with van der Waals surface area (Å²) in [6.07, 6.45) is -0.932. The van der Waals surface area contributed by atoms with Crippen LogP contribution in [0.15, 0.2) is 53.4 Å². The predicted octanol–water partition coefficient (Wildman–Crippen LogP) is 6.17. The van der Waals surface area contributed by atoms with E-state index in [4.69, 9.17) is 14.2 Å². The third kappa shape index (κ3) is 8.59. The molecule has 0 aromatic heterocycles. The van der Waals surface area contributed by atoms with Crippen molar-refractivity contribution in [3.8, 4) is 5.75 Å². The molecule has 0 bridgehead atoms. The number of alkyl halides is 3. The minimum atomic E-state index is -4.34. The van der Waals surface area contributed by atoms with Crippen LogP contribution in [0.3, 0.4) is 0 Å². The van der Waals surface area contributed by atoms with Gasteiger partial charge >= 0.3 is 12.1 Å². The Bertz CT molecular complexity index is 895. The maximum absolute atomic E-state index is 12.7. The van der Waals surface area contributed by atoms with Gasteiger partial charge in [0, 0.05) is 17.3 Å². The molecule has 174 valence electrons. The maximum atomic E-state index is 12.7. The van der Waals surface area contributed by atoms with Crippen molar-refractivity contribution in [2.75, 3.05) is 25.6 Å². The third-order valence-corrected chi connectivity index (χ3v) is 5.42. The first-order valence-electron chi connectivity index (χ1n) is 10.2. The van der Waals surface area contributed by atoms with Crippen LogP contribution in [-0.4, -0.2) is 37.6 Å². The Morgan fingerprint density at radius 2 is 1.81 bits per heavy atom. The van der Waals surface area contributed by atoms with Gasteiger partial charge in [0.1, 0.15) is 5.75 Å². The number of carbonyl (C=O) groups is 1. The molecule has 4 nitrogen and oxygen atoms in total. The van der Waals surface area contributed by atoms with Crippen LogP contribution >= 0.6 is 11.8 Å². The molecular weight excluding hydrogens is 441 g/mol. The lowest BCUT2D eigenvalue weighted by atomic mass is 10.1. The van der Waals surface area contributed by atoms with E-state index in [-0.39, 0.29) is 12.7 Å². The molecule has 0 spiro atoms. The van der Waals surface area contributed by atoms with E-state index in [1.54, 1.807) is 24.8 Å². The molecule has 0 aliphatic rings. The number of aryl methyl sites for hydroxylation is 1. The van der Waals surface area contributed by atoms with Crippen molar-refractivity contribution in [3.05, 3.63) is 65.2 Å². The highest BCUT2D eigenvalue weighted by molar-refractivity contribution is 7.99. The summed E-state index contributed by atoms with van der Waals surface area (Å²) in [5.41, 5.74) is 0.899. The van der Waals surface area contributed by atoms with Gasteiger partial charge in [-0.25, -0.2) is 4.79 Å². The van der Waals surface area contributed by atoms with Crippen LogP contribution in [0.1, 0.15) is 30.5 Å². The Morgan fingerprint density at radius 1 is 1.09 bits per heavy atom. The Morgan fingerprint density at radius 3 is 2.41 bits per heavy atom. The minimum Gasteiger partial charge on any atom is -0.482 e. The summed E-state index contributed by atoms with van der Waals surface area (Å²) < 4.78 is 54.2. The van der Waals surface area contributed by atoms with E-state index in [2.05, 4.69) is 0 Å². The Labute approximate surface area is 190 Å². The van der Waals surface area contributed by atoms with Gasteiger partial charge in [0.05, 0.1) is 18.3 Å². The maximum Gasteiger partial charge on any atom is 0.416 e. The van der Waals surface area contributed by atoms with E-state index in [1.165, 1.54) is 12.1 Å². The lowest BCUT2D eigenvalue weighted by Gasteiger charge is -2.14. The summed E-state index contributed by atoms with van der Waals surface area (Å²) in [4.78, 5) is 12.4. The highest BCUT2D eigenvalue weighted by Crippen LogP contribution is 2.29. The van der Waals surface area contributed by atoms with E-state index in [9.17, 15) is 18.0 Å². The topological polar surface area (TPSA) is 44.8 Å². The fourth-order valence-corrected chi connectivity index (χ4v) is 3.75. The molecule has 0 saturated carbocycles. The summed E-state index contributed by atoms with van der Waals surface area (Å²) in [6.45, 7) is 6.22. The zero-order valence-electron chi connectivity index (χ0n) is 18.3. The number of hydrogen-bond donors (Lipinski definition) is 0. The van der Waals surface area contributed by atoms with Gasteiger partial charge in [-0.3, -0.25) is 0 Å². The molecule has 0 aliphatic carbocycles. The number of hydrogen-bond acceptors (Lipinski definition) is 5. The van der Waals surface area contributed by atoms with Gasteiger partial charge in [-0.05, 0) is 62.2 Å². The van der Waals surface area contributed by atoms with Crippen molar-refractivity contribution in [2.24, 2.45) is 0 Å². The molecule has 0 aliphatic heterocycles. The van der Waals surface area contributed by atoms with E-state index in [1.807, 2.05) is 38.1 Å². The van der Waals surface area contributed by atoms with Crippen molar-refractivity contribution in [1.82, 2.24) is 0 Å². The summed E-state index contributed by atoms with van der Waals surface area (Å²) in [5.74, 6) is 0.837. The minimum absolute atomic E-state index is 0.137. The average molecular weight is 469 g/mol. The van der Waals surface area contributed by atoms with Crippen LogP contribution in [0.2, 0.25) is 0 Å². The molecule has 2 aromatic carbocycles. The van der Waals surface area contributed by atoms with Crippen LogP contribution in [0.4, 0.5) is 13.2 Å². The number of esters is 1. The van der Waals surface area contributed by atoms with Crippen LogP contribution in [0, 0.1) is 6.92 Å². The number of thioether (sulfide) groups is 1. The van der Waals surface area contributed by atoms with Gasteiger partial charge in [-0.2, -0.15) is 13.2 Å². The molecule has 0 radical (unpaired) electrons. The number of ether oxygens (including phenoxy) is 3. The number of carbonyl (C=O) groups excluding carboxylic acids is 1. The molecule has 0 N–H and O–H groups in total. The Kier molecular flexibility index (Phi) is 10.1. The highest BCUT2D eigenvalue weighted by atomic mass is 32.2.